The van der Waals surface area contributed by atoms with Gasteiger partial charge in [0.1, 0.15) is 6.79 Å². The summed E-state index contributed by atoms with van der Waals surface area (Å²) in [5, 5.41) is 8.51. The van der Waals surface area contributed by atoms with Crippen molar-refractivity contribution < 1.29 is 33.3 Å². The number of carbonyl (C=O) groups is 2. The molecule has 1 unspecified atom stereocenters. The van der Waals surface area contributed by atoms with Crippen LogP contribution >= 0.6 is 0 Å². The summed E-state index contributed by atoms with van der Waals surface area (Å²) in [6, 6.07) is 2.90. The number of ketones is 1. The van der Waals surface area contributed by atoms with Gasteiger partial charge in [-0.1, -0.05) is 20.8 Å². The third kappa shape index (κ3) is 6.23. The molecule has 0 saturated heterocycles. The third-order valence-corrected chi connectivity index (χ3v) is 5.20. The van der Waals surface area contributed by atoms with Crippen LogP contribution in [0.3, 0.4) is 0 Å². The first kappa shape index (κ1) is 27.1. The molecule has 0 saturated carbocycles. The molecular formula is C23H34N4O7. The molecule has 2 aromatic rings. The number of carbonyl (C=O) groups excluding carboxylic acids is 2. The molecule has 0 amide bonds. The summed E-state index contributed by atoms with van der Waals surface area (Å²) in [4.78, 5) is 27.2. The highest BCUT2D eigenvalue weighted by atomic mass is 16.7. The maximum Gasteiger partial charge on any atom is 0.361 e. The van der Waals surface area contributed by atoms with Gasteiger partial charge in [0, 0.05) is 11.8 Å². The summed E-state index contributed by atoms with van der Waals surface area (Å²) in [5.41, 5.74) is 5.87. The van der Waals surface area contributed by atoms with Crippen LogP contribution in [0.15, 0.2) is 12.1 Å². The Labute approximate surface area is 199 Å². The SMILES string of the molecule is CCOC(=O)c1nn(C(CC)OCOC(CC)CC)nc1C(=O)c1cc(OC)c(OC)cc1N. The predicted molar refractivity (Wildman–Crippen MR) is 124 cm³/mol. The van der Waals surface area contributed by atoms with Crippen molar-refractivity contribution in [1.82, 2.24) is 15.0 Å². The lowest BCUT2D eigenvalue weighted by molar-refractivity contribution is -0.147. The zero-order valence-electron chi connectivity index (χ0n) is 20.6. The van der Waals surface area contributed by atoms with E-state index < -0.39 is 18.0 Å². The Morgan fingerprint density at radius 2 is 1.56 bits per heavy atom. The topological polar surface area (TPSA) is 137 Å². The molecule has 1 atom stereocenters. The Morgan fingerprint density at radius 3 is 2.12 bits per heavy atom. The summed E-state index contributed by atoms with van der Waals surface area (Å²) in [6.45, 7) is 7.71. The Bertz CT molecular complexity index is 972. The maximum absolute atomic E-state index is 13.4. The van der Waals surface area contributed by atoms with E-state index in [2.05, 4.69) is 10.2 Å². The minimum absolute atomic E-state index is 0.0209. The first-order valence-electron chi connectivity index (χ1n) is 11.3. The van der Waals surface area contributed by atoms with Crippen molar-refractivity contribution in [2.24, 2.45) is 0 Å². The lowest BCUT2D eigenvalue weighted by Crippen LogP contribution is -2.20. The smallest absolute Gasteiger partial charge is 0.361 e. The van der Waals surface area contributed by atoms with E-state index in [0.29, 0.717) is 17.9 Å². The molecule has 11 nitrogen and oxygen atoms in total. The molecule has 2 N–H and O–H groups in total. The van der Waals surface area contributed by atoms with Gasteiger partial charge in [0.25, 0.3) is 0 Å². The number of methoxy groups -OCH3 is 2. The van der Waals surface area contributed by atoms with E-state index in [1.54, 1.807) is 6.92 Å². The number of aromatic nitrogens is 3. The van der Waals surface area contributed by atoms with E-state index in [-0.39, 0.29) is 42.1 Å². The normalized spacial score (nSPS) is 12.0. The summed E-state index contributed by atoms with van der Waals surface area (Å²) in [6.07, 6.45) is 1.59. The van der Waals surface area contributed by atoms with E-state index in [4.69, 9.17) is 29.4 Å². The van der Waals surface area contributed by atoms with Crippen molar-refractivity contribution in [3.05, 3.63) is 29.1 Å². The van der Waals surface area contributed by atoms with Crippen LogP contribution in [0, 0.1) is 0 Å². The highest BCUT2D eigenvalue weighted by Crippen LogP contribution is 2.33. The van der Waals surface area contributed by atoms with E-state index >= 15 is 0 Å². The lowest BCUT2D eigenvalue weighted by atomic mass is 10.0. The number of nitrogens with two attached hydrogens (primary N) is 1. The van der Waals surface area contributed by atoms with Gasteiger partial charge in [-0.05, 0) is 32.3 Å². The molecule has 0 aliphatic heterocycles. The highest BCUT2D eigenvalue weighted by molar-refractivity contribution is 6.15. The van der Waals surface area contributed by atoms with Crippen molar-refractivity contribution in [3.63, 3.8) is 0 Å². The number of rotatable bonds is 14. The van der Waals surface area contributed by atoms with Crippen molar-refractivity contribution in [2.75, 3.05) is 33.4 Å². The van der Waals surface area contributed by atoms with Gasteiger partial charge >= 0.3 is 5.97 Å². The summed E-state index contributed by atoms with van der Waals surface area (Å²) < 4.78 is 27.1. The van der Waals surface area contributed by atoms with E-state index in [1.165, 1.54) is 31.1 Å². The second kappa shape index (κ2) is 12.9. The minimum atomic E-state index is -0.778. The number of benzene rings is 1. The fourth-order valence-corrected chi connectivity index (χ4v) is 3.25. The van der Waals surface area contributed by atoms with Crippen LogP contribution in [0.5, 0.6) is 11.5 Å². The Kier molecular flexibility index (Phi) is 10.3. The minimum Gasteiger partial charge on any atom is -0.493 e. The molecule has 0 spiro atoms. The molecule has 1 aromatic carbocycles. The van der Waals surface area contributed by atoms with Crippen LogP contribution in [0.2, 0.25) is 0 Å². The first-order chi connectivity index (χ1) is 16.3. The average molecular weight is 479 g/mol. The zero-order chi connectivity index (χ0) is 25.3. The highest BCUT2D eigenvalue weighted by Gasteiger charge is 2.30. The van der Waals surface area contributed by atoms with Crippen molar-refractivity contribution in [2.45, 2.75) is 59.3 Å². The van der Waals surface area contributed by atoms with Gasteiger partial charge in [0.15, 0.2) is 23.4 Å². The maximum atomic E-state index is 13.4. The summed E-state index contributed by atoms with van der Waals surface area (Å²) in [7, 11) is 2.90. The number of nitrogens with zero attached hydrogens (tertiary/aromatic N) is 3. The van der Waals surface area contributed by atoms with Crippen LogP contribution in [-0.4, -0.2) is 60.5 Å². The standard InChI is InChI=1S/C23H34N4O7/c1-7-14(8-2)33-13-34-19(9-3)27-25-20(21(26-27)23(29)32-10-4)22(28)15-11-17(30-5)18(31-6)12-16(15)24/h11-12,14,19H,7-10,13,24H2,1-6H3. The zero-order valence-corrected chi connectivity index (χ0v) is 20.6. The average Bonchev–Trinajstić information content (AvgIpc) is 3.29. The molecule has 188 valence electrons. The molecule has 0 radical (unpaired) electrons. The Morgan fingerprint density at radius 1 is 0.941 bits per heavy atom. The summed E-state index contributed by atoms with van der Waals surface area (Å²) >= 11 is 0. The van der Waals surface area contributed by atoms with Crippen LogP contribution in [0.1, 0.15) is 79.7 Å². The fourth-order valence-electron chi connectivity index (χ4n) is 3.25. The quantitative estimate of drug-likeness (QED) is 0.186. The van der Waals surface area contributed by atoms with Crippen molar-refractivity contribution in [3.8, 4) is 11.5 Å². The Balaban J connectivity index is 2.43. The Hall–Kier alpha value is -3.18. The predicted octanol–water partition coefficient (Wildman–Crippen LogP) is 3.37. The van der Waals surface area contributed by atoms with Gasteiger partial charge in [-0.3, -0.25) is 4.79 Å². The van der Waals surface area contributed by atoms with Crippen LogP contribution in [0.4, 0.5) is 5.69 Å². The van der Waals surface area contributed by atoms with Crippen LogP contribution in [0.25, 0.3) is 0 Å². The van der Waals surface area contributed by atoms with Gasteiger partial charge in [-0.15, -0.1) is 10.2 Å². The monoisotopic (exact) mass is 478 g/mol. The van der Waals surface area contributed by atoms with Gasteiger partial charge < -0.3 is 29.4 Å². The molecule has 0 aliphatic rings. The number of anilines is 1. The largest absolute Gasteiger partial charge is 0.493 e. The van der Waals surface area contributed by atoms with Crippen LogP contribution in [-0.2, 0) is 14.2 Å². The molecule has 0 fully saturated rings. The molecule has 1 heterocycles. The number of ether oxygens (including phenoxy) is 5. The molecular weight excluding hydrogens is 444 g/mol. The van der Waals surface area contributed by atoms with E-state index in [1.807, 2.05) is 20.8 Å². The number of hydrogen-bond acceptors (Lipinski definition) is 10. The van der Waals surface area contributed by atoms with Gasteiger partial charge in [0.05, 0.1) is 32.5 Å². The second-order valence-corrected chi connectivity index (χ2v) is 7.31. The van der Waals surface area contributed by atoms with E-state index in [9.17, 15) is 9.59 Å². The lowest BCUT2D eigenvalue weighted by Gasteiger charge is -2.18. The number of hydrogen-bond donors (Lipinski definition) is 1. The second-order valence-electron chi connectivity index (χ2n) is 7.31. The van der Waals surface area contributed by atoms with Gasteiger partial charge in [-0.25, -0.2) is 4.79 Å². The summed E-state index contributed by atoms with van der Waals surface area (Å²) in [5.74, 6) is -0.726. The van der Waals surface area contributed by atoms with Gasteiger partial charge in [-0.2, -0.15) is 4.80 Å². The van der Waals surface area contributed by atoms with Crippen molar-refractivity contribution >= 4 is 17.4 Å². The fraction of sp³-hybridized carbons (Fsp3) is 0.565. The molecule has 0 aliphatic carbocycles. The number of esters is 1. The molecule has 34 heavy (non-hydrogen) atoms. The molecule has 11 heteroatoms. The van der Waals surface area contributed by atoms with E-state index in [0.717, 1.165) is 12.8 Å². The van der Waals surface area contributed by atoms with Crippen molar-refractivity contribution in [1.29, 1.82) is 0 Å². The third-order valence-electron chi connectivity index (χ3n) is 5.20. The molecule has 1 aromatic heterocycles. The first-order valence-corrected chi connectivity index (χ1v) is 11.3. The van der Waals surface area contributed by atoms with Gasteiger partial charge in [0.2, 0.25) is 11.5 Å². The van der Waals surface area contributed by atoms with Crippen LogP contribution < -0.4 is 15.2 Å². The molecule has 2 rings (SSSR count). The molecule has 0 bridgehead atoms. The number of nitrogen functional groups attached to an aromatic ring is 1.